The minimum Gasteiger partial charge on any atom is -0.383 e. The van der Waals surface area contributed by atoms with Gasteiger partial charge in [-0.15, -0.1) is 0 Å². The van der Waals surface area contributed by atoms with Gasteiger partial charge in [-0.2, -0.15) is 5.10 Å². The van der Waals surface area contributed by atoms with Crippen LogP contribution in [0.2, 0.25) is 0 Å². The summed E-state index contributed by atoms with van der Waals surface area (Å²) in [5, 5.41) is 4.12. The zero-order valence-corrected chi connectivity index (χ0v) is 11.9. The highest BCUT2D eigenvalue weighted by molar-refractivity contribution is 14.1. The van der Waals surface area contributed by atoms with E-state index in [1.54, 1.807) is 16.9 Å². The lowest BCUT2D eigenvalue weighted by molar-refractivity contribution is 0.619. The van der Waals surface area contributed by atoms with Crippen molar-refractivity contribution < 1.29 is 4.39 Å². The lowest BCUT2D eigenvalue weighted by atomic mass is 10.2. The Kier molecular flexibility index (Phi) is 3.48. The van der Waals surface area contributed by atoms with Gasteiger partial charge in [-0.25, -0.2) is 9.07 Å². The van der Waals surface area contributed by atoms with Gasteiger partial charge < -0.3 is 5.73 Å². The number of nitrogen functional groups attached to an aromatic ring is 1. The molecule has 0 aliphatic rings. The standard InChI is InChI=1S/C10H8BrFIN3/c11-8-2-1-7(12)3-6(8)5-16-10(14)9(13)4-15-16/h1-4H,5,14H2. The number of rotatable bonds is 2. The number of nitrogens with zero attached hydrogens (tertiary/aromatic N) is 2. The van der Waals surface area contributed by atoms with E-state index < -0.39 is 0 Å². The lowest BCUT2D eigenvalue weighted by Crippen LogP contribution is -2.07. The van der Waals surface area contributed by atoms with Crippen molar-refractivity contribution in [3.8, 4) is 0 Å². The van der Waals surface area contributed by atoms with E-state index in [2.05, 4.69) is 43.6 Å². The molecule has 2 N–H and O–H groups in total. The van der Waals surface area contributed by atoms with Crippen LogP contribution in [-0.2, 0) is 6.54 Å². The highest BCUT2D eigenvalue weighted by atomic mass is 127. The van der Waals surface area contributed by atoms with Crippen LogP contribution in [0.4, 0.5) is 10.2 Å². The molecular weight excluding hydrogens is 388 g/mol. The number of hydrogen-bond acceptors (Lipinski definition) is 2. The molecule has 6 heteroatoms. The van der Waals surface area contributed by atoms with E-state index >= 15 is 0 Å². The normalized spacial score (nSPS) is 10.7. The molecular formula is C10H8BrFIN3. The predicted octanol–water partition coefficient (Wildman–Crippen LogP) is 3.02. The molecule has 3 nitrogen and oxygen atoms in total. The summed E-state index contributed by atoms with van der Waals surface area (Å²) in [7, 11) is 0. The van der Waals surface area contributed by atoms with Crippen molar-refractivity contribution in [2.75, 3.05) is 5.73 Å². The molecule has 0 amide bonds. The molecule has 0 aliphatic carbocycles. The number of anilines is 1. The van der Waals surface area contributed by atoms with E-state index in [0.29, 0.717) is 12.4 Å². The third kappa shape index (κ3) is 2.37. The van der Waals surface area contributed by atoms with Gasteiger partial charge in [0.15, 0.2) is 0 Å². The molecule has 2 aromatic rings. The van der Waals surface area contributed by atoms with Crippen LogP contribution < -0.4 is 5.73 Å². The Balaban J connectivity index is 2.33. The smallest absolute Gasteiger partial charge is 0.135 e. The zero-order chi connectivity index (χ0) is 11.7. The van der Waals surface area contributed by atoms with Gasteiger partial charge in [0.25, 0.3) is 0 Å². The Morgan fingerprint density at radius 1 is 1.50 bits per heavy atom. The average Bonchev–Trinajstić information content (AvgIpc) is 2.55. The second kappa shape index (κ2) is 4.70. The summed E-state index contributed by atoms with van der Waals surface area (Å²) in [5.41, 5.74) is 6.63. The van der Waals surface area contributed by atoms with Gasteiger partial charge in [-0.1, -0.05) is 15.9 Å². The SMILES string of the molecule is Nc1c(I)cnn1Cc1cc(F)ccc1Br. The third-order valence-electron chi connectivity index (χ3n) is 2.16. The van der Waals surface area contributed by atoms with Gasteiger partial charge in [-0.05, 0) is 46.4 Å². The Labute approximate surface area is 114 Å². The fourth-order valence-electron chi connectivity index (χ4n) is 1.32. The number of aromatic nitrogens is 2. The van der Waals surface area contributed by atoms with Gasteiger partial charge in [0.05, 0.1) is 16.3 Å². The summed E-state index contributed by atoms with van der Waals surface area (Å²) in [6.07, 6.45) is 1.68. The van der Waals surface area contributed by atoms with Crippen LogP contribution in [0.1, 0.15) is 5.56 Å². The zero-order valence-electron chi connectivity index (χ0n) is 8.12. The minimum absolute atomic E-state index is 0.265. The quantitative estimate of drug-likeness (QED) is 0.794. The van der Waals surface area contributed by atoms with Gasteiger partial charge in [0.2, 0.25) is 0 Å². The second-order valence-electron chi connectivity index (χ2n) is 3.27. The molecule has 0 fully saturated rings. The molecule has 0 saturated carbocycles. The molecule has 0 atom stereocenters. The third-order valence-corrected chi connectivity index (χ3v) is 3.77. The first-order chi connectivity index (χ1) is 7.58. The van der Waals surface area contributed by atoms with Gasteiger partial charge >= 0.3 is 0 Å². The van der Waals surface area contributed by atoms with Crippen molar-refractivity contribution in [1.82, 2.24) is 9.78 Å². The first kappa shape index (κ1) is 11.8. The number of hydrogen-bond donors (Lipinski definition) is 1. The topological polar surface area (TPSA) is 43.8 Å². The highest BCUT2D eigenvalue weighted by Gasteiger charge is 2.08. The summed E-state index contributed by atoms with van der Waals surface area (Å²) in [6.45, 7) is 0.452. The fraction of sp³-hybridized carbons (Fsp3) is 0.100. The van der Waals surface area contributed by atoms with E-state index in [4.69, 9.17) is 5.73 Å². The lowest BCUT2D eigenvalue weighted by Gasteiger charge is -2.06. The molecule has 0 spiro atoms. The number of nitrogens with two attached hydrogens (primary N) is 1. The van der Waals surface area contributed by atoms with E-state index in [0.717, 1.165) is 13.6 Å². The van der Waals surface area contributed by atoms with Crippen LogP contribution in [0, 0.1) is 9.39 Å². The predicted molar refractivity (Wildman–Crippen MR) is 72.6 cm³/mol. The number of halogens is 3. The van der Waals surface area contributed by atoms with E-state index in [1.807, 2.05) is 0 Å². The average molecular weight is 396 g/mol. The van der Waals surface area contributed by atoms with Crippen molar-refractivity contribution in [3.63, 3.8) is 0 Å². The summed E-state index contributed by atoms with van der Waals surface area (Å²) in [4.78, 5) is 0. The second-order valence-corrected chi connectivity index (χ2v) is 5.29. The Morgan fingerprint density at radius 3 is 2.88 bits per heavy atom. The molecule has 0 aliphatic heterocycles. The molecule has 1 aromatic carbocycles. The van der Waals surface area contributed by atoms with Crippen LogP contribution in [0.5, 0.6) is 0 Å². The maximum atomic E-state index is 13.1. The van der Waals surface area contributed by atoms with Crippen LogP contribution in [-0.4, -0.2) is 9.78 Å². The van der Waals surface area contributed by atoms with Crippen molar-refractivity contribution >= 4 is 44.3 Å². The molecule has 1 aromatic heterocycles. The van der Waals surface area contributed by atoms with E-state index in [1.165, 1.54) is 12.1 Å². The summed E-state index contributed by atoms with van der Waals surface area (Å²) >= 11 is 5.48. The molecule has 0 radical (unpaired) electrons. The monoisotopic (exact) mass is 395 g/mol. The maximum absolute atomic E-state index is 13.1. The summed E-state index contributed by atoms with van der Waals surface area (Å²) in [5.74, 6) is 0.329. The van der Waals surface area contributed by atoms with Crippen LogP contribution in [0.25, 0.3) is 0 Å². The Bertz CT molecular complexity index is 527. The first-order valence-electron chi connectivity index (χ1n) is 4.48. The molecule has 2 rings (SSSR count). The summed E-state index contributed by atoms with van der Waals surface area (Å²) in [6, 6.07) is 4.55. The number of benzene rings is 1. The van der Waals surface area contributed by atoms with Crippen LogP contribution in [0.15, 0.2) is 28.9 Å². The van der Waals surface area contributed by atoms with Crippen molar-refractivity contribution in [1.29, 1.82) is 0 Å². The Morgan fingerprint density at radius 2 is 2.25 bits per heavy atom. The van der Waals surface area contributed by atoms with Gasteiger partial charge in [-0.3, -0.25) is 0 Å². The van der Waals surface area contributed by atoms with Gasteiger partial charge in [0, 0.05) is 4.47 Å². The van der Waals surface area contributed by atoms with Crippen LogP contribution >= 0.6 is 38.5 Å². The van der Waals surface area contributed by atoms with Gasteiger partial charge in [0.1, 0.15) is 11.6 Å². The largest absolute Gasteiger partial charge is 0.383 e. The Hall–Kier alpha value is -0.630. The van der Waals surface area contributed by atoms with Crippen molar-refractivity contribution in [2.45, 2.75) is 6.54 Å². The molecule has 16 heavy (non-hydrogen) atoms. The van der Waals surface area contributed by atoms with E-state index in [-0.39, 0.29) is 5.82 Å². The van der Waals surface area contributed by atoms with Crippen molar-refractivity contribution in [3.05, 3.63) is 43.8 Å². The summed E-state index contributed by atoms with van der Waals surface area (Å²) < 4.78 is 16.5. The van der Waals surface area contributed by atoms with Crippen molar-refractivity contribution in [2.24, 2.45) is 0 Å². The van der Waals surface area contributed by atoms with Crippen LogP contribution in [0.3, 0.4) is 0 Å². The van der Waals surface area contributed by atoms with E-state index in [9.17, 15) is 4.39 Å². The molecule has 0 bridgehead atoms. The molecule has 0 saturated heterocycles. The molecule has 0 unspecified atom stereocenters. The molecule has 84 valence electrons. The first-order valence-corrected chi connectivity index (χ1v) is 6.36. The fourth-order valence-corrected chi connectivity index (χ4v) is 2.10. The highest BCUT2D eigenvalue weighted by Crippen LogP contribution is 2.21. The molecule has 1 heterocycles. The maximum Gasteiger partial charge on any atom is 0.135 e. The minimum atomic E-state index is -0.265.